The van der Waals surface area contributed by atoms with E-state index in [4.69, 9.17) is 0 Å². The second kappa shape index (κ2) is 11.0. The van der Waals surface area contributed by atoms with Gasteiger partial charge in [-0.2, -0.15) is 13.2 Å². The molecule has 0 unspecified atom stereocenters. The number of aliphatic hydroxyl groups excluding tert-OH is 1. The Morgan fingerprint density at radius 2 is 1.89 bits per heavy atom. The molecular weight excluding hydrogens is 475 g/mol. The number of benzene rings is 1. The van der Waals surface area contributed by atoms with Crippen molar-refractivity contribution in [3.8, 4) is 17.0 Å². The Bertz CT molecular complexity index is 1070. The topological polar surface area (TPSA) is 102 Å². The minimum absolute atomic E-state index is 0.0747. The van der Waals surface area contributed by atoms with E-state index in [1.165, 1.54) is 6.07 Å². The molecule has 2 aliphatic rings. The number of amides is 1. The summed E-state index contributed by atoms with van der Waals surface area (Å²) in [5, 5.41) is 31.2. The fraction of sp³-hybridized carbons (Fsp3) is 0.560. The second-order valence-electron chi connectivity index (χ2n) is 9.72. The minimum atomic E-state index is -4.54. The highest BCUT2D eigenvalue weighted by Gasteiger charge is 2.31. The predicted octanol–water partition coefficient (Wildman–Crippen LogP) is 3.28. The van der Waals surface area contributed by atoms with Crippen molar-refractivity contribution in [2.45, 2.75) is 44.8 Å². The van der Waals surface area contributed by atoms with Crippen LogP contribution in [-0.2, 0) is 11.0 Å². The number of hydrogen-bond acceptors (Lipinski definition) is 7. The molecule has 36 heavy (non-hydrogen) atoms. The van der Waals surface area contributed by atoms with Crippen molar-refractivity contribution < 1.29 is 28.2 Å². The van der Waals surface area contributed by atoms with E-state index >= 15 is 0 Å². The molecular formula is C25H32F3N5O3. The normalized spacial score (nSPS) is 19.9. The fourth-order valence-corrected chi connectivity index (χ4v) is 4.91. The van der Waals surface area contributed by atoms with Gasteiger partial charge in [0.1, 0.15) is 11.6 Å². The fourth-order valence-electron chi connectivity index (χ4n) is 4.91. The molecule has 196 valence electrons. The monoisotopic (exact) mass is 507 g/mol. The van der Waals surface area contributed by atoms with Crippen LogP contribution in [-0.4, -0.2) is 81.5 Å². The van der Waals surface area contributed by atoms with E-state index in [0.717, 1.165) is 38.3 Å². The molecule has 3 N–H and O–H groups in total. The largest absolute Gasteiger partial charge is 0.507 e. The maximum atomic E-state index is 12.9. The summed E-state index contributed by atoms with van der Waals surface area (Å²) in [6.45, 7) is 5.20. The maximum absolute atomic E-state index is 12.9. The average Bonchev–Trinajstić information content (AvgIpc) is 2.84. The number of aliphatic hydroxyl groups is 1. The van der Waals surface area contributed by atoms with Gasteiger partial charge in [0, 0.05) is 37.8 Å². The van der Waals surface area contributed by atoms with Crippen LogP contribution in [0.4, 0.5) is 19.0 Å². The van der Waals surface area contributed by atoms with Gasteiger partial charge in [-0.3, -0.25) is 9.69 Å². The van der Waals surface area contributed by atoms with Gasteiger partial charge < -0.3 is 20.4 Å². The van der Waals surface area contributed by atoms with Crippen molar-refractivity contribution in [1.82, 2.24) is 20.0 Å². The standard InChI is InChI=1S/C25H32F3N5O3/c1-16-11-22(30-31-24(16)20-5-4-18(12-21(20)35)25(26,27)28)29-19-3-2-8-32(13-19)14-23(36)33-9-6-17(15-34)7-10-33/h4-5,11-12,17,19,34-35H,2-3,6-10,13-15H2,1H3,(H,29,30)/t19-/m1/s1. The van der Waals surface area contributed by atoms with Crippen molar-refractivity contribution >= 4 is 11.7 Å². The molecule has 0 spiro atoms. The van der Waals surface area contributed by atoms with Crippen LogP contribution in [0.2, 0.25) is 0 Å². The number of piperidine rings is 2. The van der Waals surface area contributed by atoms with Crippen LogP contribution in [0.25, 0.3) is 11.3 Å². The number of rotatable bonds is 6. The van der Waals surface area contributed by atoms with Crippen LogP contribution < -0.4 is 5.32 Å². The van der Waals surface area contributed by atoms with E-state index in [1.807, 2.05) is 4.90 Å². The Balaban J connectivity index is 1.35. The first-order chi connectivity index (χ1) is 17.1. The lowest BCUT2D eigenvalue weighted by atomic mass is 9.98. The van der Waals surface area contributed by atoms with Crippen LogP contribution in [0.3, 0.4) is 0 Å². The Morgan fingerprint density at radius 1 is 1.14 bits per heavy atom. The van der Waals surface area contributed by atoms with E-state index in [-0.39, 0.29) is 30.0 Å². The van der Waals surface area contributed by atoms with Crippen LogP contribution in [0.5, 0.6) is 5.75 Å². The predicted molar refractivity (Wildman–Crippen MR) is 128 cm³/mol. The number of likely N-dealkylation sites (tertiary alicyclic amines) is 2. The summed E-state index contributed by atoms with van der Waals surface area (Å²) in [7, 11) is 0. The highest BCUT2D eigenvalue weighted by Crippen LogP contribution is 2.37. The Kier molecular flexibility index (Phi) is 7.99. The van der Waals surface area contributed by atoms with Gasteiger partial charge in [0.15, 0.2) is 0 Å². The molecule has 0 saturated carbocycles. The summed E-state index contributed by atoms with van der Waals surface area (Å²) < 4.78 is 38.7. The zero-order valence-electron chi connectivity index (χ0n) is 20.3. The molecule has 1 aromatic heterocycles. The number of halogens is 3. The van der Waals surface area contributed by atoms with E-state index in [0.29, 0.717) is 49.3 Å². The molecule has 0 radical (unpaired) electrons. The lowest BCUT2D eigenvalue weighted by Crippen LogP contribution is -2.49. The van der Waals surface area contributed by atoms with Crippen molar-refractivity contribution in [1.29, 1.82) is 0 Å². The van der Waals surface area contributed by atoms with Crippen molar-refractivity contribution in [3.63, 3.8) is 0 Å². The number of aromatic hydroxyl groups is 1. The first-order valence-corrected chi connectivity index (χ1v) is 12.3. The van der Waals surface area contributed by atoms with Gasteiger partial charge >= 0.3 is 6.18 Å². The maximum Gasteiger partial charge on any atom is 0.416 e. The molecule has 1 atom stereocenters. The van der Waals surface area contributed by atoms with Gasteiger partial charge in [-0.25, -0.2) is 0 Å². The van der Waals surface area contributed by atoms with Gasteiger partial charge in [0.2, 0.25) is 5.91 Å². The number of hydrogen-bond donors (Lipinski definition) is 3. The number of carbonyl (C=O) groups excluding carboxylic acids is 1. The van der Waals surface area contributed by atoms with E-state index in [2.05, 4.69) is 20.4 Å². The highest BCUT2D eigenvalue weighted by molar-refractivity contribution is 5.78. The number of carbonyl (C=O) groups is 1. The summed E-state index contributed by atoms with van der Waals surface area (Å²) in [5.41, 5.74) is 0.233. The number of alkyl halides is 3. The Morgan fingerprint density at radius 3 is 2.53 bits per heavy atom. The van der Waals surface area contributed by atoms with Gasteiger partial charge in [0.05, 0.1) is 17.8 Å². The quantitative estimate of drug-likeness (QED) is 0.552. The third-order valence-electron chi connectivity index (χ3n) is 7.01. The molecule has 3 heterocycles. The van der Waals surface area contributed by atoms with Gasteiger partial charge in [-0.15, -0.1) is 10.2 Å². The van der Waals surface area contributed by atoms with E-state index in [1.54, 1.807) is 13.0 Å². The van der Waals surface area contributed by atoms with Crippen molar-refractivity contribution in [2.24, 2.45) is 5.92 Å². The van der Waals surface area contributed by atoms with Crippen molar-refractivity contribution in [2.75, 3.05) is 44.6 Å². The number of phenols is 1. The number of phenolic OH excluding ortho intramolecular Hbond substituents is 1. The zero-order valence-corrected chi connectivity index (χ0v) is 20.3. The number of aryl methyl sites for hydroxylation is 1. The Labute approximate surface area is 208 Å². The molecule has 11 heteroatoms. The van der Waals surface area contributed by atoms with Crippen LogP contribution in [0.1, 0.15) is 36.8 Å². The molecule has 2 saturated heterocycles. The number of anilines is 1. The third-order valence-corrected chi connectivity index (χ3v) is 7.01. The lowest BCUT2D eigenvalue weighted by molar-refractivity contribution is -0.137. The molecule has 1 amide bonds. The zero-order chi connectivity index (χ0) is 25.9. The molecule has 1 aromatic carbocycles. The SMILES string of the molecule is Cc1cc(N[C@@H]2CCCN(CC(=O)N3CCC(CO)CC3)C2)nnc1-c1ccc(C(F)(F)F)cc1O. The molecule has 8 nitrogen and oxygen atoms in total. The number of aromatic nitrogens is 2. The second-order valence-corrected chi connectivity index (χ2v) is 9.72. The molecule has 0 bridgehead atoms. The van der Waals surface area contributed by atoms with Crippen molar-refractivity contribution in [3.05, 3.63) is 35.4 Å². The summed E-state index contributed by atoms with van der Waals surface area (Å²) >= 11 is 0. The number of nitrogens with zero attached hydrogens (tertiary/aromatic N) is 4. The third kappa shape index (κ3) is 6.25. The summed E-state index contributed by atoms with van der Waals surface area (Å²) in [6.07, 6.45) is -1.02. The van der Waals surface area contributed by atoms with E-state index < -0.39 is 17.5 Å². The van der Waals surface area contributed by atoms with Gasteiger partial charge in [0.25, 0.3) is 0 Å². The Hall–Kier alpha value is -2.92. The summed E-state index contributed by atoms with van der Waals surface area (Å²) in [6, 6.07) is 4.63. The molecule has 2 aliphatic heterocycles. The first kappa shape index (κ1) is 26.2. The summed E-state index contributed by atoms with van der Waals surface area (Å²) in [4.78, 5) is 16.8. The van der Waals surface area contributed by atoms with Crippen LogP contribution in [0.15, 0.2) is 24.3 Å². The summed E-state index contributed by atoms with van der Waals surface area (Å²) in [5.74, 6) is 0.434. The van der Waals surface area contributed by atoms with Gasteiger partial charge in [-0.1, -0.05) is 0 Å². The molecule has 0 aliphatic carbocycles. The smallest absolute Gasteiger partial charge is 0.416 e. The average molecular weight is 508 g/mol. The molecule has 2 aromatic rings. The lowest BCUT2D eigenvalue weighted by Gasteiger charge is -2.36. The molecule has 2 fully saturated rings. The number of nitrogens with one attached hydrogen (secondary N) is 1. The highest BCUT2D eigenvalue weighted by atomic mass is 19.4. The van der Waals surface area contributed by atoms with E-state index in [9.17, 15) is 28.2 Å². The minimum Gasteiger partial charge on any atom is -0.507 e. The molecule has 4 rings (SSSR count). The van der Waals surface area contributed by atoms with Crippen LogP contribution >= 0.6 is 0 Å². The first-order valence-electron chi connectivity index (χ1n) is 12.3. The van der Waals surface area contributed by atoms with Gasteiger partial charge in [-0.05, 0) is 74.9 Å². The van der Waals surface area contributed by atoms with Crippen LogP contribution in [0, 0.1) is 12.8 Å².